The summed E-state index contributed by atoms with van der Waals surface area (Å²) in [5, 5.41) is 22.1. The number of hydrogen-bond acceptors (Lipinski definition) is 8. The fourth-order valence-electron chi connectivity index (χ4n) is 2.57. The second-order valence-corrected chi connectivity index (χ2v) is 6.75. The molecule has 0 radical (unpaired) electrons. The minimum atomic E-state index is -3.35. The maximum absolute atomic E-state index is 12.7. The number of carbonyl (C=O) groups is 4. The van der Waals surface area contributed by atoms with Crippen LogP contribution in [0.1, 0.15) is 79.1 Å². The molecule has 0 aliphatic rings. The van der Waals surface area contributed by atoms with Crippen molar-refractivity contribution < 1.29 is 38.9 Å². The summed E-state index contributed by atoms with van der Waals surface area (Å²) in [4.78, 5) is 50.6. The molecule has 0 saturated heterocycles. The molecule has 0 spiro atoms. The van der Waals surface area contributed by atoms with Gasteiger partial charge in [0.2, 0.25) is 0 Å². The Kier molecular flexibility index (Phi) is 11.8. The van der Waals surface area contributed by atoms with Gasteiger partial charge in [0, 0.05) is 12.8 Å². The summed E-state index contributed by atoms with van der Waals surface area (Å²) in [5.41, 5.74) is -6.71. The predicted octanol–water partition coefficient (Wildman–Crippen LogP) is 1.87. The van der Waals surface area contributed by atoms with Crippen molar-refractivity contribution in [2.24, 2.45) is 0 Å². The monoisotopic (exact) mass is 402 g/mol. The van der Waals surface area contributed by atoms with E-state index in [1.165, 1.54) is 0 Å². The van der Waals surface area contributed by atoms with Crippen molar-refractivity contribution >= 4 is 23.5 Å². The molecule has 0 heterocycles. The molecule has 28 heavy (non-hydrogen) atoms. The van der Waals surface area contributed by atoms with Crippen molar-refractivity contribution in [1.29, 1.82) is 0 Å². The van der Waals surface area contributed by atoms with Gasteiger partial charge in [0.25, 0.3) is 11.2 Å². The molecular weight excluding hydrogens is 368 g/mol. The van der Waals surface area contributed by atoms with Crippen LogP contribution in [-0.2, 0) is 28.7 Å². The van der Waals surface area contributed by atoms with Crippen molar-refractivity contribution in [3.05, 3.63) is 0 Å². The highest BCUT2D eigenvalue weighted by Crippen LogP contribution is 2.31. The topological polar surface area (TPSA) is 127 Å². The molecule has 8 heteroatoms. The number of carbonyl (C=O) groups excluding carboxylic acids is 4. The fourth-order valence-corrected chi connectivity index (χ4v) is 2.57. The highest BCUT2D eigenvalue weighted by molar-refractivity contribution is 6.22. The van der Waals surface area contributed by atoms with E-state index in [1.54, 1.807) is 13.8 Å². The number of aliphatic hydroxyl groups is 2. The average Bonchev–Trinajstić information content (AvgIpc) is 2.66. The minimum absolute atomic E-state index is 0.125. The summed E-state index contributed by atoms with van der Waals surface area (Å²) in [5.74, 6) is -5.34. The largest absolute Gasteiger partial charge is 0.463 e. The first-order valence-electron chi connectivity index (χ1n) is 10.0. The summed E-state index contributed by atoms with van der Waals surface area (Å²) >= 11 is 0. The molecule has 0 fully saturated rings. The molecular formula is C20H34O8. The third-order valence-electron chi connectivity index (χ3n) is 4.34. The van der Waals surface area contributed by atoms with Crippen LogP contribution in [0.4, 0.5) is 0 Å². The van der Waals surface area contributed by atoms with Crippen molar-refractivity contribution in [2.75, 3.05) is 13.2 Å². The van der Waals surface area contributed by atoms with E-state index in [1.807, 2.05) is 13.8 Å². The van der Waals surface area contributed by atoms with Crippen LogP contribution in [0, 0.1) is 0 Å². The van der Waals surface area contributed by atoms with E-state index in [0.717, 1.165) is 0 Å². The molecule has 2 N–H and O–H groups in total. The van der Waals surface area contributed by atoms with E-state index in [-0.39, 0.29) is 38.9 Å². The summed E-state index contributed by atoms with van der Waals surface area (Å²) in [6, 6.07) is 0. The van der Waals surface area contributed by atoms with Crippen LogP contribution in [0.15, 0.2) is 0 Å². The first kappa shape index (κ1) is 26.2. The number of unbranched alkanes of at least 4 members (excludes halogenated alkanes) is 2. The average molecular weight is 402 g/mol. The van der Waals surface area contributed by atoms with E-state index < -0.39 is 34.7 Å². The van der Waals surface area contributed by atoms with Gasteiger partial charge in [-0.05, 0) is 25.7 Å². The Morgan fingerprint density at radius 1 is 0.643 bits per heavy atom. The molecule has 0 aromatic heterocycles. The molecule has 0 aromatic rings. The summed E-state index contributed by atoms with van der Waals surface area (Å²) in [6.45, 7) is 6.67. The third-order valence-corrected chi connectivity index (χ3v) is 4.34. The number of hydrogen-bond donors (Lipinski definition) is 2. The van der Waals surface area contributed by atoms with E-state index in [0.29, 0.717) is 25.7 Å². The summed E-state index contributed by atoms with van der Waals surface area (Å²) in [6.07, 6.45) is 2.04. The lowest BCUT2D eigenvalue weighted by Gasteiger charge is -2.37. The van der Waals surface area contributed by atoms with Gasteiger partial charge in [-0.2, -0.15) is 0 Å². The van der Waals surface area contributed by atoms with Gasteiger partial charge in [0.05, 0.1) is 13.2 Å². The molecule has 0 bridgehead atoms. The lowest BCUT2D eigenvalue weighted by atomic mass is 9.74. The van der Waals surface area contributed by atoms with Crippen molar-refractivity contribution in [3.63, 3.8) is 0 Å². The maximum atomic E-state index is 12.7. The van der Waals surface area contributed by atoms with Crippen molar-refractivity contribution in [3.8, 4) is 0 Å². The summed E-state index contributed by atoms with van der Waals surface area (Å²) < 4.78 is 9.87. The van der Waals surface area contributed by atoms with Crippen LogP contribution in [0.2, 0.25) is 0 Å². The maximum Gasteiger partial charge on any atom is 0.350 e. The van der Waals surface area contributed by atoms with Crippen LogP contribution in [0.3, 0.4) is 0 Å². The fraction of sp³-hybridized carbons (Fsp3) is 0.800. The molecule has 0 saturated carbocycles. The zero-order chi connectivity index (χ0) is 21.8. The number of rotatable bonds is 15. The van der Waals surface area contributed by atoms with E-state index in [2.05, 4.69) is 0 Å². The van der Waals surface area contributed by atoms with E-state index in [4.69, 9.17) is 9.47 Å². The van der Waals surface area contributed by atoms with Gasteiger partial charge >= 0.3 is 11.9 Å². The lowest BCUT2D eigenvalue weighted by Crippen LogP contribution is -2.72. The highest BCUT2D eigenvalue weighted by atomic mass is 16.6. The zero-order valence-corrected chi connectivity index (χ0v) is 17.4. The summed E-state index contributed by atoms with van der Waals surface area (Å²) in [7, 11) is 0. The van der Waals surface area contributed by atoms with Crippen LogP contribution < -0.4 is 0 Å². The Morgan fingerprint density at radius 2 is 0.964 bits per heavy atom. The molecule has 0 rings (SSSR count). The number of ketones is 2. The number of ether oxygens (including phenoxy) is 2. The second kappa shape index (κ2) is 12.6. The molecule has 8 nitrogen and oxygen atoms in total. The van der Waals surface area contributed by atoms with Crippen LogP contribution in [0.25, 0.3) is 0 Å². The van der Waals surface area contributed by atoms with Gasteiger partial charge < -0.3 is 19.7 Å². The predicted molar refractivity (Wildman–Crippen MR) is 101 cm³/mol. The zero-order valence-electron chi connectivity index (χ0n) is 17.4. The van der Waals surface area contributed by atoms with Crippen LogP contribution >= 0.6 is 0 Å². The smallest absolute Gasteiger partial charge is 0.350 e. The normalized spacial score (nSPS) is 15.2. The van der Waals surface area contributed by atoms with Gasteiger partial charge in [-0.3, -0.25) is 9.59 Å². The highest BCUT2D eigenvalue weighted by Gasteiger charge is 2.69. The Balaban J connectivity index is 6.19. The molecule has 2 atom stereocenters. The molecule has 0 aromatic carbocycles. The SMILES string of the molecule is CCCCOC(=O)C(O)(C(=O)CCC)C(O)(C(=O)CCC)C(=O)OCCCC. The van der Waals surface area contributed by atoms with Gasteiger partial charge in [0.15, 0.2) is 11.6 Å². The Labute approximate surface area is 166 Å². The van der Waals surface area contributed by atoms with Gasteiger partial charge in [0.1, 0.15) is 0 Å². The standard InChI is InChI=1S/C20H34O8/c1-5-9-13-27-17(23)19(25,15(21)11-7-3)20(26,16(22)12-8-4)18(24)28-14-10-6-2/h25-26H,5-14H2,1-4H3. The molecule has 0 aliphatic carbocycles. The van der Waals surface area contributed by atoms with Gasteiger partial charge in [-0.15, -0.1) is 0 Å². The molecule has 0 amide bonds. The lowest BCUT2D eigenvalue weighted by molar-refractivity contribution is -0.213. The quantitative estimate of drug-likeness (QED) is 0.241. The molecule has 162 valence electrons. The molecule has 2 unspecified atom stereocenters. The number of esters is 2. The van der Waals surface area contributed by atoms with E-state index >= 15 is 0 Å². The van der Waals surface area contributed by atoms with Crippen LogP contribution in [0.5, 0.6) is 0 Å². The number of Topliss-reactive ketones (excluding diaryl/α,β-unsaturated/α-hetero) is 2. The van der Waals surface area contributed by atoms with E-state index in [9.17, 15) is 29.4 Å². The first-order chi connectivity index (χ1) is 13.2. The van der Waals surface area contributed by atoms with Gasteiger partial charge in [-0.25, -0.2) is 9.59 Å². The Morgan fingerprint density at radius 3 is 1.21 bits per heavy atom. The van der Waals surface area contributed by atoms with Crippen molar-refractivity contribution in [2.45, 2.75) is 90.3 Å². The van der Waals surface area contributed by atoms with Crippen molar-refractivity contribution in [1.82, 2.24) is 0 Å². The minimum Gasteiger partial charge on any atom is -0.463 e. The second-order valence-electron chi connectivity index (χ2n) is 6.75. The molecule has 0 aliphatic heterocycles. The Hall–Kier alpha value is -1.80. The van der Waals surface area contributed by atoms with Gasteiger partial charge in [-0.1, -0.05) is 40.5 Å². The third kappa shape index (κ3) is 5.85. The van der Waals surface area contributed by atoms with Crippen LogP contribution in [-0.4, -0.2) is 58.1 Å². The Bertz CT molecular complexity index is 496. The first-order valence-corrected chi connectivity index (χ1v) is 10.0.